The third-order valence-electron chi connectivity index (χ3n) is 3.31. The molecule has 1 aromatic rings. The van der Waals surface area contributed by atoms with E-state index in [1.165, 1.54) is 6.33 Å². The smallest absolute Gasteiger partial charge is 0.307 e. The third-order valence-corrected chi connectivity index (χ3v) is 3.31. The molecule has 0 spiro atoms. The van der Waals surface area contributed by atoms with Crippen molar-refractivity contribution < 1.29 is 14.7 Å². The number of hydrogen-bond donors (Lipinski definition) is 3. The molecule has 1 heterocycles. The summed E-state index contributed by atoms with van der Waals surface area (Å²) in [6, 6.07) is 0. The largest absolute Gasteiger partial charge is 0.481 e. The lowest BCUT2D eigenvalue weighted by Gasteiger charge is -2.27. The second-order valence-corrected chi connectivity index (χ2v) is 4.49. The van der Waals surface area contributed by atoms with Crippen molar-refractivity contribution in [1.29, 1.82) is 0 Å². The molecule has 1 amide bonds. The highest BCUT2D eigenvalue weighted by Crippen LogP contribution is 2.30. The molecule has 3 N–H and O–H groups in total. The van der Waals surface area contributed by atoms with E-state index in [-0.39, 0.29) is 12.5 Å². The molecule has 18 heavy (non-hydrogen) atoms. The van der Waals surface area contributed by atoms with Crippen molar-refractivity contribution in [1.82, 2.24) is 20.5 Å². The van der Waals surface area contributed by atoms with Crippen LogP contribution < -0.4 is 5.32 Å². The number of amides is 1. The molecule has 1 aliphatic carbocycles. The first-order valence-electron chi connectivity index (χ1n) is 6.03. The highest BCUT2D eigenvalue weighted by atomic mass is 16.4. The van der Waals surface area contributed by atoms with Crippen molar-refractivity contribution in [3.05, 3.63) is 12.2 Å². The molecule has 0 aliphatic heterocycles. The molecule has 0 bridgehead atoms. The lowest BCUT2D eigenvalue weighted by Crippen LogP contribution is -2.39. The van der Waals surface area contributed by atoms with Crippen LogP contribution in [0.4, 0.5) is 0 Å². The number of nitrogens with zero attached hydrogens (tertiary/aromatic N) is 2. The van der Waals surface area contributed by atoms with E-state index in [0.29, 0.717) is 18.7 Å². The molecular formula is C11H16N4O3. The van der Waals surface area contributed by atoms with Crippen LogP contribution in [0.3, 0.4) is 0 Å². The number of aromatic amines is 1. The molecule has 0 unspecified atom stereocenters. The normalized spacial score (nSPS) is 23.6. The summed E-state index contributed by atoms with van der Waals surface area (Å²) in [6.45, 7) is 0.252. The van der Waals surface area contributed by atoms with Crippen molar-refractivity contribution >= 4 is 11.9 Å². The van der Waals surface area contributed by atoms with Gasteiger partial charge in [0.05, 0.1) is 18.4 Å². The fraction of sp³-hybridized carbons (Fsp3) is 0.636. The number of hydrogen-bond acceptors (Lipinski definition) is 4. The van der Waals surface area contributed by atoms with Gasteiger partial charge in [-0.25, -0.2) is 4.98 Å². The summed E-state index contributed by atoms with van der Waals surface area (Å²) in [5, 5.41) is 18.1. The first-order chi connectivity index (χ1) is 8.68. The van der Waals surface area contributed by atoms with E-state index in [0.717, 1.165) is 12.8 Å². The van der Waals surface area contributed by atoms with Crippen LogP contribution in [0, 0.1) is 11.8 Å². The quantitative estimate of drug-likeness (QED) is 0.714. The lowest BCUT2D eigenvalue weighted by atomic mass is 9.79. The number of carboxylic acids is 1. The lowest BCUT2D eigenvalue weighted by molar-refractivity contribution is -0.148. The summed E-state index contributed by atoms with van der Waals surface area (Å²) in [4.78, 5) is 27.0. The van der Waals surface area contributed by atoms with Gasteiger partial charge in [-0.15, -0.1) is 0 Å². The van der Waals surface area contributed by atoms with Gasteiger partial charge in [-0.1, -0.05) is 12.8 Å². The zero-order valence-electron chi connectivity index (χ0n) is 9.93. The van der Waals surface area contributed by atoms with Crippen LogP contribution in [0.25, 0.3) is 0 Å². The van der Waals surface area contributed by atoms with Gasteiger partial charge in [0.25, 0.3) is 0 Å². The monoisotopic (exact) mass is 252 g/mol. The Hall–Kier alpha value is -1.92. The number of carbonyl (C=O) groups is 2. The van der Waals surface area contributed by atoms with Crippen LogP contribution in [0.1, 0.15) is 31.5 Å². The fourth-order valence-electron chi connectivity index (χ4n) is 2.36. The molecule has 0 aromatic carbocycles. The molecule has 7 nitrogen and oxygen atoms in total. The van der Waals surface area contributed by atoms with E-state index >= 15 is 0 Å². The number of aromatic nitrogens is 3. The Balaban J connectivity index is 1.92. The molecule has 98 valence electrons. The number of aliphatic carboxylic acids is 1. The van der Waals surface area contributed by atoms with Crippen molar-refractivity contribution in [2.24, 2.45) is 11.8 Å². The van der Waals surface area contributed by atoms with Gasteiger partial charge in [0.15, 0.2) is 0 Å². The van der Waals surface area contributed by atoms with E-state index in [4.69, 9.17) is 5.11 Å². The maximum Gasteiger partial charge on any atom is 0.307 e. The van der Waals surface area contributed by atoms with Crippen molar-refractivity contribution in [2.45, 2.75) is 32.2 Å². The van der Waals surface area contributed by atoms with Gasteiger partial charge in [-0.2, -0.15) is 5.10 Å². The summed E-state index contributed by atoms with van der Waals surface area (Å²) < 4.78 is 0. The standard InChI is InChI=1S/C11H16N4O3/c16-10(12-5-9-13-6-14-15-9)7-3-1-2-4-8(7)11(17)18/h6-8H,1-5H2,(H,12,16)(H,17,18)(H,13,14,15)/t7-,8+/m1/s1. The number of nitrogens with one attached hydrogen (secondary N) is 2. The second kappa shape index (κ2) is 5.61. The van der Waals surface area contributed by atoms with Gasteiger partial charge in [0.1, 0.15) is 12.2 Å². The third kappa shape index (κ3) is 2.85. The highest BCUT2D eigenvalue weighted by Gasteiger charge is 2.35. The Labute approximate surface area is 104 Å². The first kappa shape index (κ1) is 12.5. The van der Waals surface area contributed by atoms with E-state index in [2.05, 4.69) is 20.5 Å². The Kier molecular flexibility index (Phi) is 3.91. The van der Waals surface area contributed by atoms with Gasteiger partial charge in [0.2, 0.25) is 5.91 Å². The van der Waals surface area contributed by atoms with Crippen molar-refractivity contribution in [2.75, 3.05) is 0 Å². The van der Waals surface area contributed by atoms with Crippen LogP contribution in [0.5, 0.6) is 0 Å². The number of carbonyl (C=O) groups excluding carboxylic acids is 1. The molecule has 0 saturated heterocycles. The zero-order valence-corrected chi connectivity index (χ0v) is 9.93. The summed E-state index contributed by atoms with van der Waals surface area (Å²) in [5.41, 5.74) is 0. The number of carboxylic acid groups (broad SMARTS) is 1. The Morgan fingerprint density at radius 2 is 2.11 bits per heavy atom. The Bertz CT molecular complexity index is 418. The van der Waals surface area contributed by atoms with Crippen LogP contribution in [0.15, 0.2) is 6.33 Å². The molecule has 0 radical (unpaired) electrons. The SMILES string of the molecule is O=C(O)[C@H]1CCCC[C@H]1C(=O)NCc1ncn[nH]1. The van der Waals surface area contributed by atoms with E-state index in [1.54, 1.807) is 0 Å². The average Bonchev–Trinajstić information content (AvgIpc) is 2.89. The van der Waals surface area contributed by atoms with Gasteiger partial charge in [-0.05, 0) is 12.8 Å². The summed E-state index contributed by atoms with van der Waals surface area (Å²) >= 11 is 0. The predicted molar refractivity (Wildman–Crippen MR) is 61.3 cm³/mol. The van der Waals surface area contributed by atoms with Crippen molar-refractivity contribution in [3.63, 3.8) is 0 Å². The Morgan fingerprint density at radius 1 is 1.39 bits per heavy atom. The number of H-pyrrole nitrogens is 1. The second-order valence-electron chi connectivity index (χ2n) is 4.49. The molecular weight excluding hydrogens is 236 g/mol. The topological polar surface area (TPSA) is 108 Å². The molecule has 1 saturated carbocycles. The molecule has 1 aromatic heterocycles. The Morgan fingerprint density at radius 3 is 2.72 bits per heavy atom. The van der Waals surface area contributed by atoms with Gasteiger partial charge in [0, 0.05) is 0 Å². The van der Waals surface area contributed by atoms with E-state index < -0.39 is 17.8 Å². The van der Waals surface area contributed by atoms with Crippen LogP contribution in [-0.4, -0.2) is 32.2 Å². The maximum atomic E-state index is 12.0. The van der Waals surface area contributed by atoms with E-state index in [1.807, 2.05) is 0 Å². The summed E-state index contributed by atoms with van der Waals surface area (Å²) in [6.07, 6.45) is 4.37. The predicted octanol–water partition coefficient (Wildman–Crippen LogP) is 0.312. The minimum atomic E-state index is -0.880. The van der Waals surface area contributed by atoms with Gasteiger partial charge < -0.3 is 10.4 Å². The molecule has 2 atom stereocenters. The molecule has 2 rings (SSSR count). The zero-order chi connectivity index (χ0) is 13.0. The van der Waals surface area contributed by atoms with Gasteiger partial charge >= 0.3 is 5.97 Å². The molecule has 1 aliphatic rings. The van der Waals surface area contributed by atoms with Crippen molar-refractivity contribution in [3.8, 4) is 0 Å². The maximum absolute atomic E-state index is 12.0. The van der Waals surface area contributed by atoms with Crippen LogP contribution >= 0.6 is 0 Å². The minimum absolute atomic E-state index is 0.210. The van der Waals surface area contributed by atoms with Crippen LogP contribution in [-0.2, 0) is 16.1 Å². The van der Waals surface area contributed by atoms with E-state index in [9.17, 15) is 9.59 Å². The minimum Gasteiger partial charge on any atom is -0.481 e. The fourth-order valence-corrected chi connectivity index (χ4v) is 2.36. The van der Waals surface area contributed by atoms with Crippen LogP contribution in [0.2, 0.25) is 0 Å². The molecule has 1 fully saturated rings. The summed E-state index contributed by atoms with van der Waals surface area (Å²) in [7, 11) is 0. The summed E-state index contributed by atoms with van der Waals surface area (Å²) in [5.74, 6) is -1.52. The highest BCUT2D eigenvalue weighted by molar-refractivity contribution is 5.84. The molecule has 7 heteroatoms. The van der Waals surface area contributed by atoms with Gasteiger partial charge in [-0.3, -0.25) is 14.7 Å². The number of rotatable bonds is 4. The first-order valence-corrected chi connectivity index (χ1v) is 6.03. The average molecular weight is 252 g/mol.